The fraction of sp³-hybridized carbons (Fsp3) is 0.176. The molecule has 2 heterocycles. The molecule has 2 N–H and O–H groups in total. The van der Waals surface area contributed by atoms with Crippen molar-refractivity contribution < 1.29 is 50.4 Å². The molecule has 10 heteroatoms. The van der Waals surface area contributed by atoms with Crippen LogP contribution in [0.5, 0.6) is 0 Å². The molecule has 8 nitrogen and oxygen atoms in total. The summed E-state index contributed by atoms with van der Waals surface area (Å²) in [5, 5.41) is 34.7. The molecule has 0 aliphatic rings. The topological polar surface area (TPSA) is 102 Å². The molecule has 2 aromatic heterocycles. The standard InChI is InChI=1S/C23H21N3.C23H20N3.C5H10O2.2Ir/c2*1-17(2)22-24-25-23(20-11-7-4-8-12-20)26(22)21-15-13-19(14-16-21)18-9-5-3-6-10-18;1-4(6)3-5(2)7;;/h3-17H,1-2H3;3-11,13-17H,1-2H3;3-4,6-7H,1-2H3;;/q;-1;;;. The number of aliphatic hydroxyl groups is 2. The van der Waals surface area contributed by atoms with Gasteiger partial charge in [0.25, 0.3) is 0 Å². The van der Waals surface area contributed by atoms with Crippen LogP contribution in [-0.4, -0.2) is 45.8 Å². The van der Waals surface area contributed by atoms with Crippen molar-refractivity contribution in [1.82, 2.24) is 29.5 Å². The molecule has 8 aromatic rings. The number of hydrogen-bond acceptors (Lipinski definition) is 6. The first-order valence-corrected chi connectivity index (χ1v) is 19.9. The smallest absolute Gasteiger partial charge is 0.168 e. The van der Waals surface area contributed by atoms with Crippen molar-refractivity contribution in [3.8, 4) is 56.4 Å². The van der Waals surface area contributed by atoms with Gasteiger partial charge in [0.05, 0.1) is 17.7 Å². The number of aliphatic hydroxyl groups excluding tert-OH is 2. The van der Waals surface area contributed by atoms with Gasteiger partial charge in [0.2, 0.25) is 0 Å². The van der Waals surface area contributed by atoms with Gasteiger partial charge in [-0.15, -0.1) is 51.2 Å². The van der Waals surface area contributed by atoms with Gasteiger partial charge < -0.3 is 14.8 Å². The number of benzene rings is 6. The fourth-order valence-corrected chi connectivity index (χ4v) is 6.55. The molecule has 0 saturated heterocycles. The van der Waals surface area contributed by atoms with E-state index in [0.29, 0.717) is 0 Å². The summed E-state index contributed by atoms with van der Waals surface area (Å²) < 4.78 is 4.29. The van der Waals surface area contributed by atoms with E-state index in [0.717, 1.165) is 45.8 Å². The Labute approximate surface area is 386 Å². The van der Waals surface area contributed by atoms with Gasteiger partial charge in [0, 0.05) is 69.0 Å². The van der Waals surface area contributed by atoms with Crippen LogP contribution in [0.2, 0.25) is 0 Å². The zero-order valence-corrected chi connectivity index (χ0v) is 39.9. The second kappa shape index (κ2) is 23.4. The molecule has 0 fully saturated rings. The fourth-order valence-electron chi connectivity index (χ4n) is 6.55. The van der Waals surface area contributed by atoms with Gasteiger partial charge in [-0.3, -0.25) is 4.57 Å². The molecule has 0 bridgehead atoms. The van der Waals surface area contributed by atoms with Crippen LogP contribution in [0.25, 0.3) is 56.4 Å². The SMILES string of the molecule is CC(C)c1nnc(-c2[c-]cccc2)n1-c1ccc(-c2ccccc2)cc1.CC(C)c1nnc(-c2ccccc2)n1-c1ccc(-c2ccccc2)cc1.CC(O)=CC(C)O.[Ir].[Ir]. The Morgan fingerprint density at radius 3 is 1.23 bits per heavy atom. The van der Waals surface area contributed by atoms with Gasteiger partial charge in [0.1, 0.15) is 11.6 Å². The number of rotatable bonds is 9. The van der Waals surface area contributed by atoms with Crippen LogP contribution in [0.1, 0.15) is 65.0 Å². The van der Waals surface area contributed by atoms with Crippen molar-refractivity contribution in [3.05, 3.63) is 193 Å². The van der Waals surface area contributed by atoms with Crippen LogP contribution in [0.15, 0.2) is 176 Å². The van der Waals surface area contributed by atoms with Gasteiger partial charge in [-0.25, -0.2) is 0 Å². The zero-order valence-electron chi connectivity index (χ0n) is 35.1. The summed E-state index contributed by atoms with van der Waals surface area (Å²) in [5.74, 6) is 4.34. The van der Waals surface area contributed by atoms with E-state index in [9.17, 15) is 0 Å². The predicted molar refractivity (Wildman–Crippen MR) is 240 cm³/mol. The van der Waals surface area contributed by atoms with E-state index in [1.165, 1.54) is 35.3 Å². The minimum Gasteiger partial charge on any atom is -0.513 e. The Bertz CT molecular complexity index is 2350. The summed E-state index contributed by atoms with van der Waals surface area (Å²) in [5.41, 5.74) is 8.98. The van der Waals surface area contributed by atoms with Crippen LogP contribution in [0, 0.1) is 6.07 Å². The Kier molecular flexibility index (Phi) is 18.4. The quantitative estimate of drug-likeness (QED) is 0.110. The van der Waals surface area contributed by atoms with Crippen molar-refractivity contribution in [3.63, 3.8) is 0 Å². The van der Waals surface area contributed by atoms with E-state index < -0.39 is 6.10 Å². The van der Waals surface area contributed by atoms with Crippen LogP contribution in [0.4, 0.5) is 0 Å². The van der Waals surface area contributed by atoms with E-state index in [2.05, 4.69) is 172 Å². The maximum Gasteiger partial charge on any atom is 0.168 e. The van der Waals surface area contributed by atoms with E-state index >= 15 is 0 Å². The molecule has 2 radical (unpaired) electrons. The molecule has 1 atom stereocenters. The molecule has 0 saturated carbocycles. The third-order valence-corrected chi connectivity index (χ3v) is 9.34. The number of aromatic nitrogens is 6. The monoisotopic (exact) mass is 1170 g/mol. The van der Waals surface area contributed by atoms with Crippen molar-refractivity contribution in [1.29, 1.82) is 0 Å². The summed E-state index contributed by atoms with van der Waals surface area (Å²) in [7, 11) is 0. The molecule has 0 amide bonds. The van der Waals surface area contributed by atoms with Crippen LogP contribution >= 0.6 is 0 Å². The van der Waals surface area contributed by atoms with Crippen molar-refractivity contribution in [2.75, 3.05) is 0 Å². The van der Waals surface area contributed by atoms with E-state index in [4.69, 9.17) is 10.2 Å². The Morgan fingerprint density at radius 1 is 0.492 bits per heavy atom. The molecule has 6 aromatic carbocycles. The molecule has 0 aliphatic heterocycles. The Balaban J connectivity index is 0.000000226. The summed E-state index contributed by atoms with van der Waals surface area (Å²) >= 11 is 0. The van der Waals surface area contributed by atoms with E-state index in [1.54, 1.807) is 6.92 Å². The van der Waals surface area contributed by atoms with Crippen molar-refractivity contribution in [2.45, 2.75) is 59.5 Å². The minimum atomic E-state index is -0.537. The summed E-state index contributed by atoms with van der Waals surface area (Å²) in [6.45, 7) is 11.7. The van der Waals surface area contributed by atoms with Gasteiger partial charge in [-0.05, 0) is 66.4 Å². The largest absolute Gasteiger partial charge is 0.513 e. The van der Waals surface area contributed by atoms with E-state index in [1.807, 2.05) is 54.6 Å². The molecule has 0 aliphatic carbocycles. The average molecular weight is 1160 g/mol. The summed E-state index contributed by atoms with van der Waals surface area (Å²) in [6, 6.07) is 59.3. The van der Waals surface area contributed by atoms with Crippen molar-refractivity contribution >= 4 is 0 Å². The van der Waals surface area contributed by atoms with Crippen molar-refractivity contribution in [2.24, 2.45) is 0 Å². The summed E-state index contributed by atoms with van der Waals surface area (Å²) in [6.07, 6.45) is 0.824. The second-order valence-electron chi connectivity index (χ2n) is 14.8. The molecule has 0 spiro atoms. The van der Waals surface area contributed by atoms with Crippen LogP contribution in [0.3, 0.4) is 0 Å². The number of nitrogens with zero attached hydrogens (tertiary/aromatic N) is 6. The molecular weight excluding hydrogens is 1110 g/mol. The normalized spacial score (nSPS) is 11.3. The van der Waals surface area contributed by atoms with Gasteiger partial charge in [-0.1, -0.05) is 143 Å². The maximum atomic E-state index is 8.49. The number of hydrogen-bond donors (Lipinski definition) is 2. The average Bonchev–Trinajstić information content (AvgIpc) is 3.92. The Morgan fingerprint density at radius 2 is 0.869 bits per heavy atom. The minimum absolute atomic E-state index is 0. The molecular formula is C51H51Ir2N6O2-. The molecule has 8 rings (SSSR count). The first kappa shape index (κ1) is 48.1. The van der Waals surface area contributed by atoms with Gasteiger partial charge >= 0.3 is 0 Å². The first-order chi connectivity index (χ1) is 28.6. The second-order valence-corrected chi connectivity index (χ2v) is 14.8. The predicted octanol–water partition coefficient (Wildman–Crippen LogP) is 12.1. The summed E-state index contributed by atoms with van der Waals surface area (Å²) in [4.78, 5) is 0. The van der Waals surface area contributed by atoms with E-state index in [-0.39, 0.29) is 57.8 Å². The number of allylic oxidation sites excluding steroid dienone is 1. The Hall–Kier alpha value is -5.60. The molecule has 1 unspecified atom stereocenters. The molecule has 316 valence electrons. The zero-order chi connectivity index (χ0) is 41.7. The first-order valence-electron chi connectivity index (χ1n) is 19.9. The van der Waals surface area contributed by atoms with Crippen LogP contribution in [-0.2, 0) is 40.2 Å². The molecule has 61 heavy (non-hydrogen) atoms. The third kappa shape index (κ3) is 12.7. The van der Waals surface area contributed by atoms with Crippen LogP contribution < -0.4 is 0 Å². The maximum absolute atomic E-state index is 8.49. The third-order valence-electron chi connectivity index (χ3n) is 9.34. The van der Waals surface area contributed by atoms with Gasteiger partial charge in [0.15, 0.2) is 5.82 Å². The van der Waals surface area contributed by atoms with Gasteiger partial charge in [-0.2, -0.15) is 5.10 Å².